The first-order chi connectivity index (χ1) is 7.43. The van der Waals surface area contributed by atoms with Crippen LogP contribution in [0.5, 0.6) is 0 Å². The molecule has 78 valence electrons. The van der Waals surface area contributed by atoms with Crippen LogP contribution in [0.4, 0.5) is 5.69 Å². The Morgan fingerprint density at radius 2 is 2.13 bits per heavy atom. The monoisotopic (exact) mass is 219 g/mol. The van der Waals surface area contributed by atoms with E-state index in [4.69, 9.17) is 0 Å². The standard InChI is InChI=1S/C11H13N3S/c1-2-11-10(13-8-15-11)7-9(1)14-5-3-12-4-6-14/h1-2,7-8,12H,3-6H2. The summed E-state index contributed by atoms with van der Waals surface area (Å²) in [5.74, 6) is 0. The van der Waals surface area contributed by atoms with Crippen LogP contribution in [0, 0.1) is 0 Å². The van der Waals surface area contributed by atoms with Crippen molar-refractivity contribution in [3.8, 4) is 0 Å². The predicted molar refractivity (Wildman–Crippen MR) is 64.7 cm³/mol. The minimum absolute atomic E-state index is 1.08. The van der Waals surface area contributed by atoms with Crippen molar-refractivity contribution in [2.75, 3.05) is 31.1 Å². The van der Waals surface area contributed by atoms with E-state index in [1.54, 1.807) is 11.3 Å². The number of anilines is 1. The molecule has 1 saturated heterocycles. The number of piperazine rings is 1. The minimum Gasteiger partial charge on any atom is -0.369 e. The largest absolute Gasteiger partial charge is 0.369 e. The molecule has 0 aliphatic carbocycles. The summed E-state index contributed by atoms with van der Waals surface area (Å²) in [5, 5.41) is 3.36. The van der Waals surface area contributed by atoms with Crippen LogP contribution in [0.25, 0.3) is 10.2 Å². The molecule has 0 spiro atoms. The maximum Gasteiger partial charge on any atom is 0.0832 e. The van der Waals surface area contributed by atoms with Crippen molar-refractivity contribution in [2.24, 2.45) is 0 Å². The molecule has 1 aromatic carbocycles. The second kappa shape index (κ2) is 3.79. The highest BCUT2D eigenvalue weighted by Gasteiger charge is 2.10. The van der Waals surface area contributed by atoms with Crippen LogP contribution >= 0.6 is 11.3 Å². The number of hydrogen-bond donors (Lipinski definition) is 1. The molecular weight excluding hydrogens is 206 g/mol. The van der Waals surface area contributed by atoms with E-state index in [0.29, 0.717) is 0 Å². The number of nitrogens with one attached hydrogen (secondary N) is 1. The second-order valence-electron chi connectivity index (χ2n) is 3.74. The Hall–Kier alpha value is -1.13. The molecule has 3 nitrogen and oxygen atoms in total. The molecule has 2 aromatic rings. The molecule has 0 saturated carbocycles. The molecule has 1 N–H and O–H groups in total. The minimum atomic E-state index is 1.08. The van der Waals surface area contributed by atoms with Crippen LogP contribution in [-0.2, 0) is 0 Å². The molecule has 0 atom stereocenters. The summed E-state index contributed by atoms with van der Waals surface area (Å²) in [4.78, 5) is 6.76. The van der Waals surface area contributed by atoms with Gasteiger partial charge in [0.25, 0.3) is 0 Å². The Morgan fingerprint density at radius 3 is 3.00 bits per heavy atom. The lowest BCUT2D eigenvalue weighted by molar-refractivity contribution is 0.589. The number of fused-ring (bicyclic) bond motifs is 1. The van der Waals surface area contributed by atoms with Crippen molar-refractivity contribution in [1.29, 1.82) is 0 Å². The number of aromatic nitrogens is 1. The third-order valence-corrected chi connectivity index (χ3v) is 3.61. The molecule has 0 radical (unpaired) electrons. The molecule has 0 amide bonds. The van der Waals surface area contributed by atoms with Crippen molar-refractivity contribution in [1.82, 2.24) is 10.3 Å². The second-order valence-corrected chi connectivity index (χ2v) is 4.63. The van der Waals surface area contributed by atoms with Gasteiger partial charge in [-0.1, -0.05) is 0 Å². The van der Waals surface area contributed by atoms with Crippen LogP contribution in [-0.4, -0.2) is 31.2 Å². The number of benzene rings is 1. The SMILES string of the molecule is c1nc2cc(N3CCNCC3)ccc2s1. The summed E-state index contributed by atoms with van der Waals surface area (Å²) in [6.45, 7) is 4.34. The van der Waals surface area contributed by atoms with Crippen LogP contribution in [0.1, 0.15) is 0 Å². The molecular formula is C11H13N3S. The summed E-state index contributed by atoms with van der Waals surface area (Å²) in [7, 11) is 0. The van der Waals surface area contributed by atoms with Gasteiger partial charge >= 0.3 is 0 Å². The van der Waals surface area contributed by atoms with E-state index in [9.17, 15) is 0 Å². The van der Waals surface area contributed by atoms with Gasteiger partial charge in [0.05, 0.1) is 15.7 Å². The predicted octanol–water partition coefficient (Wildman–Crippen LogP) is 1.71. The van der Waals surface area contributed by atoms with Crippen molar-refractivity contribution < 1.29 is 0 Å². The molecule has 4 heteroatoms. The van der Waals surface area contributed by atoms with Crippen molar-refractivity contribution in [3.05, 3.63) is 23.7 Å². The zero-order valence-corrected chi connectivity index (χ0v) is 9.26. The first-order valence-electron chi connectivity index (χ1n) is 5.22. The third-order valence-electron chi connectivity index (χ3n) is 2.80. The summed E-state index contributed by atoms with van der Waals surface area (Å²) in [6, 6.07) is 6.56. The Balaban J connectivity index is 1.95. The van der Waals surface area contributed by atoms with E-state index in [2.05, 4.69) is 33.4 Å². The topological polar surface area (TPSA) is 28.2 Å². The van der Waals surface area contributed by atoms with Gasteiger partial charge in [0.1, 0.15) is 0 Å². The molecule has 1 aliphatic rings. The van der Waals surface area contributed by atoms with E-state index < -0.39 is 0 Å². The van der Waals surface area contributed by atoms with Crippen LogP contribution in [0.3, 0.4) is 0 Å². The zero-order chi connectivity index (χ0) is 10.1. The molecule has 3 rings (SSSR count). The molecule has 2 heterocycles. The zero-order valence-electron chi connectivity index (χ0n) is 8.44. The fraction of sp³-hybridized carbons (Fsp3) is 0.364. The number of nitrogens with zero attached hydrogens (tertiary/aromatic N) is 2. The lowest BCUT2D eigenvalue weighted by Crippen LogP contribution is -2.43. The van der Waals surface area contributed by atoms with E-state index >= 15 is 0 Å². The van der Waals surface area contributed by atoms with E-state index in [-0.39, 0.29) is 0 Å². The van der Waals surface area contributed by atoms with Crippen molar-refractivity contribution >= 4 is 27.2 Å². The molecule has 0 bridgehead atoms. The third kappa shape index (κ3) is 1.70. The quantitative estimate of drug-likeness (QED) is 0.791. The van der Waals surface area contributed by atoms with Crippen molar-refractivity contribution in [3.63, 3.8) is 0 Å². The normalized spacial score (nSPS) is 17.2. The summed E-state index contributed by atoms with van der Waals surface area (Å²) in [5.41, 5.74) is 4.33. The van der Waals surface area contributed by atoms with Gasteiger partial charge < -0.3 is 10.2 Å². The molecule has 1 aliphatic heterocycles. The first-order valence-corrected chi connectivity index (χ1v) is 6.10. The Bertz CT molecular complexity index is 460. The van der Waals surface area contributed by atoms with Gasteiger partial charge in [-0.3, -0.25) is 0 Å². The van der Waals surface area contributed by atoms with Crippen LogP contribution in [0.15, 0.2) is 23.7 Å². The Labute approximate surface area is 92.7 Å². The highest BCUT2D eigenvalue weighted by molar-refractivity contribution is 7.16. The molecule has 1 aromatic heterocycles. The summed E-state index contributed by atoms with van der Waals surface area (Å²) in [6.07, 6.45) is 0. The fourth-order valence-electron chi connectivity index (χ4n) is 1.97. The fourth-order valence-corrected chi connectivity index (χ4v) is 2.62. The molecule has 1 fully saturated rings. The van der Waals surface area contributed by atoms with Gasteiger partial charge in [-0.25, -0.2) is 4.98 Å². The number of thiazole rings is 1. The van der Waals surface area contributed by atoms with Gasteiger partial charge in [0.15, 0.2) is 0 Å². The lowest BCUT2D eigenvalue weighted by atomic mass is 10.2. The van der Waals surface area contributed by atoms with Gasteiger partial charge in [-0.2, -0.15) is 0 Å². The number of hydrogen-bond acceptors (Lipinski definition) is 4. The summed E-state index contributed by atoms with van der Waals surface area (Å²) >= 11 is 1.70. The average Bonchev–Trinajstić information content (AvgIpc) is 2.77. The Morgan fingerprint density at radius 1 is 1.27 bits per heavy atom. The van der Waals surface area contributed by atoms with E-state index in [1.165, 1.54) is 10.4 Å². The van der Waals surface area contributed by atoms with E-state index in [1.807, 2.05) is 5.51 Å². The average molecular weight is 219 g/mol. The van der Waals surface area contributed by atoms with Gasteiger partial charge in [-0.15, -0.1) is 11.3 Å². The molecule has 15 heavy (non-hydrogen) atoms. The van der Waals surface area contributed by atoms with E-state index in [0.717, 1.165) is 31.7 Å². The van der Waals surface area contributed by atoms with Crippen molar-refractivity contribution in [2.45, 2.75) is 0 Å². The van der Waals surface area contributed by atoms with Crippen LogP contribution < -0.4 is 10.2 Å². The van der Waals surface area contributed by atoms with Gasteiger partial charge in [0, 0.05) is 31.9 Å². The van der Waals surface area contributed by atoms with Crippen LogP contribution in [0.2, 0.25) is 0 Å². The lowest BCUT2D eigenvalue weighted by Gasteiger charge is -2.29. The maximum absolute atomic E-state index is 4.35. The van der Waals surface area contributed by atoms with Gasteiger partial charge in [-0.05, 0) is 18.2 Å². The molecule has 0 unspecified atom stereocenters. The maximum atomic E-state index is 4.35. The highest BCUT2D eigenvalue weighted by atomic mass is 32.1. The van der Waals surface area contributed by atoms with Gasteiger partial charge in [0.2, 0.25) is 0 Å². The summed E-state index contributed by atoms with van der Waals surface area (Å²) < 4.78 is 1.27. The number of rotatable bonds is 1. The Kier molecular flexibility index (Phi) is 2.31. The smallest absolute Gasteiger partial charge is 0.0832 e. The first kappa shape index (κ1) is 9.12. The highest BCUT2D eigenvalue weighted by Crippen LogP contribution is 2.24.